The number of carbonyl (C=O) groups excluding carboxylic acids is 1. The molecule has 5 heteroatoms. The summed E-state index contributed by atoms with van der Waals surface area (Å²) in [6.45, 7) is 2.85. The summed E-state index contributed by atoms with van der Waals surface area (Å²) in [5.74, 6) is -0.161. The highest BCUT2D eigenvalue weighted by molar-refractivity contribution is 6.30. The number of aliphatic hydroxyl groups is 1. The van der Waals surface area contributed by atoms with Crippen LogP contribution >= 0.6 is 11.6 Å². The average molecular weight is 337 g/mol. The zero-order valence-corrected chi connectivity index (χ0v) is 14.2. The number of benzene rings is 1. The van der Waals surface area contributed by atoms with Gasteiger partial charge in [0.25, 0.3) is 5.91 Å². The molecule has 1 aromatic carbocycles. The number of piperidine rings is 1. The minimum Gasteiger partial charge on any atom is -0.380 e. The minimum absolute atomic E-state index is 0.161. The van der Waals surface area contributed by atoms with Crippen LogP contribution in [0.4, 0.5) is 0 Å². The molecular formula is C18H25ClN2O2. The molecule has 1 amide bonds. The van der Waals surface area contributed by atoms with Crippen molar-refractivity contribution in [1.82, 2.24) is 10.2 Å². The van der Waals surface area contributed by atoms with Crippen molar-refractivity contribution >= 4 is 17.5 Å². The van der Waals surface area contributed by atoms with Gasteiger partial charge in [-0.2, -0.15) is 0 Å². The number of nitrogens with zero attached hydrogens (tertiary/aromatic N) is 1. The van der Waals surface area contributed by atoms with Crippen LogP contribution in [0.3, 0.4) is 0 Å². The number of likely N-dealkylation sites (tertiary alicyclic amines) is 1. The molecule has 23 heavy (non-hydrogen) atoms. The van der Waals surface area contributed by atoms with Crippen LogP contribution in [0, 0.1) is 0 Å². The third-order valence-corrected chi connectivity index (χ3v) is 5.35. The van der Waals surface area contributed by atoms with Crippen LogP contribution in [0.5, 0.6) is 0 Å². The van der Waals surface area contributed by atoms with Gasteiger partial charge >= 0.3 is 0 Å². The molecule has 1 heterocycles. The lowest BCUT2D eigenvalue weighted by Gasteiger charge is -2.34. The maximum Gasteiger partial charge on any atom is 0.252 e. The number of carbonyl (C=O) groups is 1. The number of hydrogen-bond acceptors (Lipinski definition) is 3. The summed E-state index contributed by atoms with van der Waals surface area (Å²) in [6, 6.07) is 8.16. The lowest BCUT2D eigenvalue weighted by molar-refractivity contribution is -0.140. The molecule has 0 bridgehead atoms. The molecule has 2 fully saturated rings. The van der Waals surface area contributed by atoms with E-state index in [0.717, 1.165) is 50.3 Å². The standard InChI is InChI=1S/C18H25ClN2O2/c19-15-5-3-14(4-6-15)13-21-11-7-16(8-12-21)20-17(22)18(23)9-1-2-10-18/h3-6,16,23H,1-2,7-13H2,(H,20,22). The van der Waals surface area contributed by atoms with E-state index in [-0.39, 0.29) is 11.9 Å². The second-order valence-electron chi connectivity index (χ2n) is 6.89. The van der Waals surface area contributed by atoms with E-state index in [2.05, 4.69) is 22.3 Å². The monoisotopic (exact) mass is 336 g/mol. The first-order valence-corrected chi connectivity index (χ1v) is 8.93. The first-order valence-electron chi connectivity index (χ1n) is 8.55. The maximum atomic E-state index is 12.3. The van der Waals surface area contributed by atoms with E-state index in [4.69, 9.17) is 11.6 Å². The topological polar surface area (TPSA) is 52.6 Å². The summed E-state index contributed by atoms with van der Waals surface area (Å²) in [5.41, 5.74) is 0.151. The molecule has 1 aliphatic carbocycles. The van der Waals surface area contributed by atoms with E-state index in [1.807, 2.05) is 12.1 Å². The van der Waals surface area contributed by atoms with Crippen molar-refractivity contribution in [3.05, 3.63) is 34.9 Å². The number of nitrogens with one attached hydrogen (secondary N) is 1. The number of rotatable bonds is 4. The lowest BCUT2D eigenvalue weighted by Crippen LogP contribution is -2.51. The Hall–Kier alpha value is -1.10. The van der Waals surface area contributed by atoms with Crippen molar-refractivity contribution in [2.45, 2.75) is 56.7 Å². The molecule has 1 saturated carbocycles. The maximum absolute atomic E-state index is 12.3. The van der Waals surface area contributed by atoms with E-state index in [1.54, 1.807) is 0 Å². The highest BCUT2D eigenvalue weighted by Crippen LogP contribution is 2.30. The van der Waals surface area contributed by atoms with Crippen molar-refractivity contribution in [3.63, 3.8) is 0 Å². The van der Waals surface area contributed by atoms with Gasteiger partial charge in [-0.15, -0.1) is 0 Å². The molecule has 0 aromatic heterocycles. The van der Waals surface area contributed by atoms with Gasteiger partial charge in [0.1, 0.15) is 5.60 Å². The zero-order valence-electron chi connectivity index (χ0n) is 13.4. The fourth-order valence-corrected chi connectivity index (χ4v) is 3.72. The minimum atomic E-state index is -1.11. The Morgan fingerprint density at radius 3 is 2.43 bits per heavy atom. The fourth-order valence-electron chi connectivity index (χ4n) is 3.59. The summed E-state index contributed by atoms with van der Waals surface area (Å²) < 4.78 is 0. The van der Waals surface area contributed by atoms with Gasteiger partial charge in [-0.25, -0.2) is 0 Å². The molecule has 3 rings (SSSR count). The third kappa shape index (κ3) is 4.25. The third-order valence-electron chi connectivity index (χ3n) is 5.10. The molecule has 1 saturated heterocycles. The van der Waals surface area contributed by atoms with E-state index in [9.17, 15) is 9.90 Å². The van der Waals surface area contributed by atoms with Crippen LogP contribution in [-0.2, 0) is 11.3 Å². The van der Waals surface area contributed by atoms with Crippen molar-refractivity contribution in [1.29, 1.82) is 0 Å². The lowest BCUT2D eigenvalue weighted by atomic mass is 9.98. The Morgan fingerprint density at radius 2 is 1.83 bits per heavy atom. The number of halogens is 1. The van der Waals surface area contributed by atoms with Crippen LogP contribution < -0.4 is 5.32 Å². The van der Waals surface area contributed by atoms with Crippen LogP contribution in [0.15, 0.2) is 24.3 Å². The van der Waals surface area contributed by atoms with Gasteiger partial charge in [0.05, 0.1) is 0 Å². The van der Waals surface area contributed by atoms with E-state index in [1.165, 1.54) is 5.56 Å². The molecule has 1 aromatic rings. The summed E-state index contributed by atoms with van der Waals surface area (Å²) in [5, 5.41) is 14.2. The average Bonchev–Trinajstić information content (AvgIpc) is 3.00. The molecule has 0 atom stereocenters. The van der Waals surface area contributed by atoms with Gasteiger partial charge in [-0.05, 0) is 56.2 Å². The van der Waals surface area contributed by atoms with E-state index < -0.39 is 5.60 Å². The first kappa shape index (κ1) is 16.7. The van der Waals surface area contributed by atoms with Gasteiger partial charge in [-0.1, -0.05) is 23.7 Å². The highest BCUT2D eigenvalue weighted by atomic mass is 35.5. The van der Waals surface area contributed by atoms with Crippen molar-refractivity contribution in [2.75, 3.05) is 13.1 Å². The smallest absolute Gasteiger partial charge is 0.252 e. The Labute approximate surface area is 142 Å². The van der Waals surface area contributed by atoms with Crippen LogP contribution in [0.1, 0.15) is 44.1 Å². The van der Waals surface area contributed by atoms with Gasteiger partial charge < -0.3 is 10.4 Å². The van der Waals surface area contributed by atoms with Crippen LogP contribution in [0.25, 0.3) is 0 Å². The van der Waals surface area contributed by atoms with Crippen LogP contribution in [-0.4, -0.2) is 40.6 Å². The summed E-state index contributed by atoms with van der Waals surface area (Å²) in [7, 11) is 0. The molecule has 0 radical (unpaired) electrons. The second kappa shape index (κ2) is 7.20. The van der Waals surface area contributed by atoms with Gasteiger partial charge in [-0.3, -0.25) is 9.69 Å². The molecule has 126 valence electrons. The Bertz CT molecular complexity index is 532. The normalized spacial score (nSPS) is 22.2. The van der Waals surface area contributed by atoms with E-state index in [0.29, 0.717) is 12.8 Å². The van der Waals surface area contributed by atoms with Crippen molar-refractivity contribution in [2.24, 2.45) is 0 Å². The van der Waals surface area contributed by atoms with Crippen molar-refractivity contribution < 1.29 is 9.90 Å². The summed E-state index contributed by atoms with van der Waals surface area (Å²) in [6.07, 6.45) is 4.99. The Balaban J connectivity index is 1.45. The quantitative estimate of drug-likeness (QED) is 0.889. The fraction of sp³-hybridized carbons (Fsp3) is 0.611. The molecular weight excluding hydrogens is 312 g/mol. The predicted molar refractivity (Wildman–Crippen MR) is 91.3 cm³/mol. The molecule has 2 aliphatic rings. The summed E-state index contributed by atoms with van der Waals surface area (Å²) >= 11 is 5.91. The Kier molecular flexibility index (Phi) is 5.24. The zero-order chi connectivity index (χ0) is 16.3. The predicted octanol–water partition coefficient (Wildman–Crippen LogP) is 2.73. The molecule has 0 unspecified atom stereocenters. The molecule has 1 aliphatic heterocycles. The molecule has 2 N–H and O–H groups in total. The van der Waals surface area contributed by atoms with Gasteiger partial charge in [0.2, 0.25) is 0 Å². The SMILES string of the molecule is O=C(NC1CCN(Cc2ccc(Cl)cc2)CC1)C1(O)CCCC1. The molecule has 4 nitrogen and oxygen atoms in total. The summed E-state index contributed by atoms with van der Waals surface area (Å²) in [4.78, 5) is 14.7. The largest absolute Gasteiger partial charge is 0.380 e. The molecule has 0 spiro atoms. The second-order valence-corrected chi connectivity index (χ2v) is 7.33. The Morgan fingerprint density at radius 1 is 1.22 bits per heavy atom. The van der Waals surface area contributed by atoms with Crippen LogP contribution in [0.2, 0.25) is 5.02 Å². The van der Waals surface area contributed by atoms with E-state index >= 15 is 0 Å². The number of amides is 1. The first-order chi connectivity index (χ1) is 11.0. The van der Waals surface area contributed by atoms with Gasteiger partial charge in [0, 0.05) is 30.7 Å². The highest BCUT2D eigenvalue weighted by Gasteiger charge is 2.39. The number of hydrogen-bond donors (Lipinski definition) is 2. The van der Waals surface area contributed by atoms with Gasteiger partial charge in [0.15, 0.2) is 0 Å². The van der Waals surface area contributed by atoms with Crippen molar-refractivity contribution in [3.8, 4) is 0 Å².